The van der Waals surface area contributed by atoms with E-state index < -0.39 is 0 Å². The smallest absolute Gasteiger partial charge is 0.300 e. The summed E-state index contributed by atoms with van der Waals surface area (Å²) in [6.45, 7) is 3.06. The highest BCUT2D eigenvalue weighted by Gasteiger charge is 1.99. The van der Waals surface area contributed by atoms with Gasteiger partial charge in [0.1, 0.15) is 6.26 Å². The minimum Gasteiger partial charge on any atom is -0.432 e. The van der Waals surface area contributed by atoms with Gasteiger partial charge in [0.25, 0.3) is 0 Å². The van der Waals surface area contributed by atoms with Crippen molar-refractivity contribution in [2.75, 3.05) is 11.9 Å². The molecule has 0 saturated carbocycles. The highest BCUT2D eigenvalue weighted by atomic mass is 32.1. The molecule has 0 unspecified atom stereocenters. The molecule has 1 aromatic heterocycles. The molecule has 1 aromatic rings. The van der Waals surface area contributed by atoms with Crippen molar-refractivity contribution >= 4 is 23.3 Å². The molecule has 0 aliphatic heterocycles. The first kappa shape index (κ1) is 11.0. The lowest BCUT2D eigenvalue weighted by Gasteiger charge is -2.06. The number of oxazole rings is 1. The van der Waals surface area contributed by atoms with Crippen LogP contribution < -0.4 is 10.6 Å². The molecule has 0 atom stereocenters. The Labute approximate surface area is 89.1 Å². The molecule has 2 N–H and O–H groups in total. The first-order valence-electron chi connectivity index (χ1n) is 4.77. The predicted molar refractivity (Wildman–Crippen MR) is 60.3 cm³/mol. The molecule has 4 nitrogen and oxygen atoms in total. The fourth-order valence-electron chi connectivity index (χ4n) is 1.00. The number of unbranched alkanes of at least 4 members (excludes halogenated alkanes) is 2. The standard InChI is InChI=1S/C9H15N3OS/c1-2-3-4-5-11-9(14)12-8-10-6-7-13-8/h6-7H,2-5H2,1H3,(H2,10,11,12,14). The summed E-state index contributed by atoms with van der Waals surface area (Å²) >= 11 is 5.03. The summed E-state index contributed by atoms with van der Waals surface area (Å²) in [5.41, 5.74) is 0. The lowest BCUT2D eigenvalue weighted by Crippen LogP contribution is -2.29. The summed E-state index contributed by atoms with van der Waals surface area (Å²) in [6, 6.07) is 0.429. The zero-order valence-electron chi connectivity index (χ0n) is 8.25. The van der Waals surface area contributed by atoms with E-state index in [-0.39, 0.29) is 0 Å². The molecule has 14 heavy (non-hydrogen) atoms. The van der Waals surface area contributed by atoms with Crippen molar-refractivity contribution < 1.29 is 4.42 Å². The number of aromatic nitrogens is 1. The Morgan fingerprint density at radius 2 is 2.43 bits per heavy atom. The number of nitrogens with one attached hydrogen (secondary N) is 2. The third kappa shape index (κ3) is 4.23. The second-order valence-corrected chi connectivity index (χ2v) is 3.33. The molecule has 0 spiro atoms. The van der Waals surface area contributed by atoms with Crippen molar-refractivity contribution in [3.63, 3.8) is 0 Å². The van der Waals surface area contributed by atoms with E-state index in [4.69, 9.17) is 16.6 Å². The van der Waals surface area contributed by atoms with Crippen LogP contribution in [0.1, 0.15) is 26.2 Å². The Bertz CT molecular complexity index is 261. The van der Waals surface area contributed by atoms with E-state index in [1.165, 1.54) is 19.1 Å². The van der Waals surface area contributed by atoms with E-state index in [0.29, 0.717) is 11.1 Å². The average Bonchev–Trinajstić information content (AvgIpc) is 2.65. The summed E-state index contributed by atoms with van der Waals surface area (Å²) in [4.78, 5) is 3.90. The van der Waals surface area contributed by atoms with Gasteiger partial charge >= 0.3 is 6.01 Å². The van der Waals surface area contributed by atoms with Gasteiger partial charge in [-0.25, -0.2) is 4.98 Å². The molecule has 5 heteroatoms. The van der Waals surface area contributed by atoms with Gasteiger partial charge in [0.15, 0.2) is 5.11 Å². The summed E-state index contributed by atoms with van der Waals surface area (Å²) in [7, 11) is 0. The Balaban J connectivity index is 2.11. The number of hydrogen-bond donors (Lipinski definition) is 2. The van der Waals surface area contributed by atoms with Gasteiger partial charge in [-0.05, 0) is 18.6 Å². The van der Waals surface area contributed by atoms with Crippen LogP contribution in [0, 0.1) is 0 Å². The van der Waals surface area contributed by atoms with Gasteiger partial charge in [0, 0.05) is 6.54 Å². The average molecular weight is 213 g/mol. The Morgan fingerprint density at radius 1 is 1.57 bits per heavy atom. The topological polar surface area (TPSA) is 50.1 Å². The summed E-state index contributed by atoms with van der Waals surface area (Å²) < 4.78 is 4.98. The number of thiocarbonyl (C=S) groups is 1. The van der Waals surface area contributed by atoms with E-state index >= 15 is 0 Å². The van der Waals surface area contributed by atoms with Crippen molar-refractivity contribution in [1.82, 2.24) is 10.3 Å². The summed E-state index contributed by atoms with van der Waals surface area (Å²) in [6.07, 6.45) is 6.63. The number of hydrogen-bond acceptors (Lipinski definition) is 3. The highest BCUT2D eigenvalue weighted by Crippen LogP contribution is 2.00. The minimum atomic E-state index is 0.429. The summed E-state index contributed by atoms with van der Waals surface area (Å²) in [5.74, 6) is 0. The maximum absolute atomic E-state index is 5.03. The lowest BCUT2D eigenvalue weighted by atomic mass is 10.2. The third-order valence-corrected chi connectivity index (χ3v) is 1.97. The van der Waals surface area contributed by atoms with Crippen molar-refractivity contribution in [2.45, 2.75) is 26.2 Å². The molecule has 0 radical (unpaired) electrons. The molecular formula is C9H15N3OS. The molecule has 78 valence electrons. The SMILES string of the molecule is CCCCCNC(=S)Nc1ncco1. The van der Waals surface area contributed by atoms with Crippen LogP contribution in [0.4, 0.5) is 6.01 Å². The quantitative estimate of drug-likeness (QED) is 0.580. The second-order valence-electron chi connectivity index (χ2n) is 2.93. The molecule has 1 rings (SSSR count). The van der Waals surface area contributed by atoms with Crippen LogP contribution in [0.2, 0.25) is 0 Å². The second kappa shape index (κ2) is 6.37. The van der Waals surface area contributed by atoms with Crippen LogP contribution in [0.3, 0.4) is 0 Å². The molecule has 0 bridgehead atoms. The van der Waals surface area contributed by atoms with Crippen molar-refractivity contribution in [2.24, 2.45) is 0 Å². The van der Waals surface area contributed by atoms with E-state index in [9.17, 15) is 0 Å². The molecule has 0 saturated heterocycles. The van der Waals surface area contributed by atoms with Crippen LogP contribution in [0.25, 0.3) is 0 Å². The van der Waals surface area contributed by atoms with Crippen LogP contribution in [0.5, 0.6) is 0 Å². The largest absolute Gasteiger partial charge is 0.432 e. The molecule has 1 heterocycles. The Kier molecular flexibility index (Phi) is 4.99. The van der Waals surface area contributed by atoms with Crippen molar-refractivity contribution in [3.8, 4) is 0 Å². The van der Waals surface area contributed by atoms with Crippen LogP contribution in [-0.2, 0) is 0 Å². The minimum absolute atomic E-state index is 0.429. The Morgan fingerprint density at radius 3 is 3.07 bits per heavy atom. The predicted octanol–water partition coefficient (Wildman–Crippen LogP) is 2.15. The monoisotopic (exact) mass is 213 g/mol. The summed E-state index contributed by atoms with van der Waals surface area (Å²) in [5, 5.41) is 6.48. The van der Waals surface area contributed by atoms with E-state index in [2.05, 4.69) is 22.5 Å². The lowest BCUT2D eigenvalue weighted by molar-refractivity contribution is 0.578. The highest BCUT2D eigenvalue weighted by molar-refractivity contribution is 7.80. The van der Waals surface area contributed by atoms with E-state index in [1.807, 2.05) is 0 Å². The Hall–Kier alpha value is -1.10. The normalized spacial score (nSPS) is 9.79. The van der Waals surface area contributed by atoms with Crippen LogP contribution in [0.15, 0.2) is 16.9 Å². The third-order valence-electron chi connectivity index (χ3n) is 1.72. The fraction of sp³-hybridized carbons (Fsp3) is 0.556. The van der Waals surface area contributed by atoms with Gasteiger partial charge in [-0.1, -0.05) is 19.8 Å². The van der Waals surface area contributed by atoms with Crippen molar-refractivity contribution in [1.29, 1.82) is 0 Å². The van der Waals surface area contributed by atoms with Crippen LogP contribution >= 0.6 is 12.2 Å². The number of nitrogens with zero attached hydrogens (tertiary/aromatic N) is 1. The van der Waals surface area contributed by atoms with Gasteiger partial charge in [0.2, 0.25) is 0 Å². The number of anilines is 1. The van der Waals surface area contributed by atoms with Gasteiger partial charge in [-0.2, -0.15) is 0 Å². The van der Waals surface area contributed by atoms with Crippen molar-refractivity contribution in [3.05, 3.63) is 12.5 Å². The zero-order chi connectivity index (χ0) is 10.2. The maximum atomic E-state index is 5.03. The van der Waals surface area contributed by atoms with E-state index in [0.717, 1.165) is 13.0 Å². The van der Waals surface area contributed by atoms with Gasteiger partial charge in [-0.3, -0.25) is 5.32 Å². The molecule has 0 aromatic carbocycles. The van der Waals surface area contributed by atoms with E-state index in [1.54, 1.807) is 6.20 Å². The molecule has 0 fully saturated rings. The molecular weight excluding hydrogens is 198 g/mol. The molecule has 0 aliphatic carbocycles. The van der Waals surface area contributed by atoms with Gasteiger partial charge in [-0.15, -0.1) is 0 Å². The maximum Gasteiger partial charge on any atom is 0.300 e. The zero-order valence-corrected chi connectivity index (χ0v) is 9.06. The first-order chi connectivity index (χ1) is 6.83. The van der Waals surface area contributed by atoms with Gasteiger partial charge < -0.3 is 9.73 Å². The number of rotatable bonds is 5. The molecule has 0 aliphatic rings. The van der Waals surface area contributed by atoms with Crippen LogP contribution in [-0.4, -0.2) is 16.6 Å². The first-order valence-corrected chi connectivity index (χ1v) is 5.18. The fourth-order valence-corrected chi connectivity index (χ4v) is 1.19. The molecule has 0 amide bonds. The van der Waals surface area contributed by atoms with Gasteiger partial charge in [0.05, 0.1) is 6.20 Å².